The van der Waals surface area contributed by atoms with Crippen LogP contribution in [0.2, 0.25) is 0 Å². The molecule has 3 nitrogen and oxygen atoms in total. The van der Waals surface area contributed by atoms with Gasteiger partial charge in [-0.05, 0) is 0 Å². The molecule has 0 rings (SSSR count). The van der Waals surface area contributed by atoms with Gasteiger partial charge in [0.15, 0.2) is 10.1 Å². The van der Waals surface area contributed by atoms with E-state index in [4.69, 9.17) is 13.0 Å². The zero-order valence-electron chi connectivity index (χ0n) is 3.97. The van der Waals surface area contributed by atoms with E-state index in [2.05, 4.69) is 0 Å². The SMILES string of the molecule is O=S(=O)([O-])C(F)F.[K+]. The molecule has 0 amide bonds. The maximum absolute atomic E-state index is 10.6. The zero-order valence-corrected chi connectivity index (χ0v) is 7.91. The summed E-state index contributed by atoms with van der Waals surface area (Å²) in [6.07, 6.45) is 0. The molecule has 0 aromatic rings. The van der Waals surface area contributed by atoms with Gasteiger partial charge in [0.1, 0.15) is 0 Å². The average Bonchev–Trinajstić information content (AvgIpc) is 1.31. The second-order valence-electron chi connectivity index (χ2n) is 0.753. The smallest absolute Gasteiger partial charge is 0.744 e. The van der Waals surface area contributed by atoms with Crippen LogP contribution in [0, 0.1) is 0 Å². The summed E-state index contributed by atoms with van der Waals surface area (Å²) in [5, 5.41) is 0. The first kappa shape index (κ1) is 12.1. The van der Waals surface area contributed by atoms with Crippen LogP contribution in [0.3, 0.4) is 0 Å². The molecule has 0 bridgehead atoms. The molecule has 0 radical (unpaired) electrons. The Kier molecular flexibility index (Phi) is 6.45. The predicted octanol–water partition coefficient (Wildman–Crippen LogP) is -3.24. The van der Waals surface area contributed by atoms with Crippen LogP contribution < -0.4 is 51.4 Å². The monoisotopic (exact) mass is 170 g/mol. The quantitative estimate of drug-likeness (QED) is 0.307. The largest absolute Gasteiger partial charge is 1.00 e. The van der Waals surface area contributed by atoms with Crippen LogP contribution in [0.4, 0.5) is 8.78 Å². The first-order valence-corrected chi connectivity index (χ1v) is 2.64. The summed E-state index contributed by atoms with van der Waals surface area (Å²) in [4.78, 5) is 0. The van der Waals surface area contributed by atoms with Crippen molar-refractivity contribution < 1.29 is 73.1 Å². The minimum absolute atomic E-state index is 0. The second-order valence-corrected chi connectivity index (χ2v) is 2.10. The summed E-state index contributed by atoms with van der Waals surface area (Å²) in [6.45, 7) is 0. The van der Waals surface area contributed by atoms with Crippen LogP contribution in [0.5, 0.6) is 0 Å². The standard InChI is InChI=1S/CH2F2O3S.K/c2-1(3)7(4,5)6;/h1H,(H,4,5,6);/q;+1/p-1. The van der Waals surface area contributed by atoms with E-state index < -0.39 is 15.9 Å². The molecule has 7 heteroatoms. The van der Waals surface area contributed by atoms with Gasteiger partial charge in [-0.1, -0.05) is 0 Å². The van der Waals surface area contributed by atoms with Crippen LogP contribution in [-0.4, -0.2) is 18.7 Å². The van der Waals surface area contributed by atoms with E-state index in [1.807, 2.05) is 0 Å². The van der Waals surface area contributed by atoms with E-state index in [0.717, 1.165) is 0 Å². The molecule has 0 saturated heterocycles. The van der Waals surface area contributed by atoms with Gasteiger partial charge in [0.2, 0.25) is 0 Å². The topological polar surface area (TPSA) is 57.2 Å². The molecule has 0 aliphatic heterocycles. The van der Waals surface area contributed by atoms with Gasteiger partial charge in [-0.15, -0.1) is 0 Å². The fourth-order valence-corrected chi connectivity index (χ4v) is 0. The Morgan fingerprint density at radius 1 is 1.38 bits per heavy atom. The van der Waals surface area contributed by atoms with E-state index in [9.17, 15) is 8.78 Å². The number of hydrogen-bond donors (Lipinski definition) is 0. The molecule has 0 N–H and O–H groups in total. The molecular weight excluding hydrogens is 169 g/mol. The van der Waals surface area contributed by atoms with Crippen molar-refractivity contribution in [1.82, 2.24) is 0 Å². The number of alkyl halides is 2. The van der Waals surface area contributed by atoms with Gasteiger partial charge in [0.25, 0.3) is 0 Å². The van der Waals surface area contributed by atoms with E-state index >= 15 is 0 Å². The Hall–Kier alpha value is 1.41. The minimum atomic E-state index is -5.32. The summed E-state index contributed by atoms with van der Waals surface area (Å²) in [7, 11) is -5.32. The third-order valence-corrected chi connectivity index (χ3v) is 0.655. The molecule has 0 fully saturated rings. The molecule has 0 aliphatic rings. The molecule has 0 spiro atoms. The third-order valence-electron chi connectivity index (χ3n) is 0.218. The fourth-order valence-electron chi connectivity index (χ4n) is 0. The van der Waals surface area contributed by atoms with Crippen molar-refractivity contribution >= 4 is 10.1 Å². The zero-order chi connectivity index (χ0) is 6.08. The Bertz CT molecular complexity index is 139. The number of halogens is 2. The van der Waals surface area contributed by atoms with E-state index in [0.29, 0.717) is 0 Å². The summed E-state index contributed by atoms with van der Waals surface area (Å²) >= 11 is 0. The summed E-state index contributed by atoms with van der Waals surface area (Å²) < 4.78 is 48.4. The van der Waals surface area contributed by atoms with Gasteiger partial charge < -0.3 is 4.55 Å². The number of rotatable bonds is 1. The molecular formula is CHF2KO3S. The van der Waals surface area contributed by atoms with Gasteiger partial charge in [-0.3, -0.25) is 0 Å². The van der Waals surface area contributed by atoms with Crippen molar-refractivity contribution in [2.24, 2.45) is 0 Å². The Balaban J connectivity index is 0. The van der Waals surface area contributed by atoms with Crippen molar-refractivity contribution in [2.45, 2.75) is 5.76 Å². The van der Waals surface area contributed by atoms with Gasteiger partial charge in [0, 0.05) is 0 Å². The van der Waals surface area contributed by atoms with Crippen molar-refractivity contribution in [3.8, 4) is 0 Å². The number of hydrogen-bond acceptors (Lipinski definition) is 3. The Morgan fingerprint density at radius 2 is 1.50 bits per heavy atom. The molecule has 0 heterocycles. The third kappa shape index (κ3) is 5.54. The molecule has 0 aliphatic carbocycles. The van der Waals surface area contributed by atoms with Crippen molar-refractivity contribution in [1.29, 1.82) is 0 Å². The van der Waals surface area contributed by atoms with Crippen LogP contribution in [0.15, 0.2) is 0 Å². The first-order chi connectivity index (χ1) is 2.94. The van der Waals surface area contributed by atoms with Gasteiger partial charge in [-0.25, -0.2) is 8.42 Å². The summed E-state index contributed by atoms with van der Waals surface area (Å²) in [6, 6.07) is 0. The van der Waals surface area contributed by atoms with Gasteiger partial charge in [0.05, 0.1) is 0 Å². The Morgan fingerprint density at radius 3 is 1.50 bits per heavy atom. The normalized spacial score (nSPS) is 11.0. The molecule has 0 aromatic heterocycles. The first-order valence-electron chi connectivity index (χ1n) is 1.17. The van der Waals surface area contributed by atoms with Crippen molar-refractivity contribution in [3.63, 3.8) is 0 Å². The molecule has 0 atom stereocenters. The molecule has 0 saturated carbocycles. The van der Waals surface area contributed by atoms with Gasteiger partial charge in [-0.2, -0.15) is 8.78 Å². The van der Waals surface area contributed by atoms with Crippen LogP contribution in [-0.2, 0) is 10.1 Å². The maximum Gasteiger partial charge on any atom is 1.00 e. The van der Waals surface area contributed by atoms with Crippen molar-refractivity contribution in [2.75, 3.05) is 0 Å². The maximum atomic E-state index is 10.6. The van der Waals surface area contributed by atoms with E-state index in [1.54, 1.807) is 0 Å². The van der Waals surface area contributed by atoms with E-state index in [1.165, 1.54) is 0 Å². The predicted molar refractivity (Wildman–Crippen MR) is 15.7 cm³/mol. The molecule has 0 unspecified atom stereocenters. The molecule has 0 aromatic carbocycles. The van der Waals surface area contributed by atoms with Crippen LogP contribution in [0.1, 0.15) is 0 Å². The summed E-state index contributed by atoms with van der Waals surface area (Å²) in [5.41, 5.74) is 0. The van der Waals surface area contributed by atoms with Crippen LogP contribution >= 0.6 is 0 Å². The second kappa shape index (κ2) is 4.26. The average molecular weight is 170 g/mol. The summed E-state index contributed by atoms with van der Waals surface area (Å²) in [5.74, 6) is -3.78. The fraction of sp³-hybridized carbons (Fsp3) is 1.00. The van der Waals surface area contributed by atoms with E-state index in [-0.39, 0.29) is 51.4 Å². The van der Waals surface area contributed by atoms with Crippen LogP contribution in [0.25, 0.3) is 0 Å². The minimum Gasteiger partial charge on any atom is -0.744 e. The Labute approximate surface area is 87.6 Å². The van der Waals surface area contributed by atoms with Gasteiger partial charge >= 0.3 is 57.1 Å². The molecule has 44 valence electrons. The molecule has 8 heavy (non-hydrogen) atoms. The van der Waals surface area contributed by atoms with Crippen molar-refractivity contribution in [3.05, 3.63) is 0 Å².